The van der Waals surface area contributed by atoms with Crippen molar-refractivity contribution in [3.8, 4) is 11.1 Å². The fourth-order valence-electron chi connectivity index (χ4n) is 5.12. The van der Waals surface area contributed by atoms with Crippen molar-refractivity contribution >= 4 is 6.09 Å². The van der Waals surface area contributed by atoms with Gasteiger partial charge in [0.25, 0.3) is 0 Å². The van der Waals surface area contributed by atoms with E-state index in [2.05, 4.69) is 64.2 Å². The van der Waals surface area contributed by atoms with E-state index in [9.17, 15) is 4.79 Å². The quantitative estimate of drug-likeness (QED) is 0.478. The van der Waals surface area contributed by atoms with E-state index >= 15 is 0 Å². The van der Waals surface area contributed by atoms with Crippen LogP contribution in [-0.4, -0.2) is 52.2 Å². The van der Waals surface area contributed by atoms with Crippen molar-refractivity contribution in [3.63, 3.8) is 0 Å². The van der Waals surface area contributed by atoms with Gasteiger partial charge < -0.3 is 15.0 Å². The molecule has 1 N–H and O–H groups in total. The van der Waals surface area contributed by atoms with Gasteiger partial charge in [0.2, 0.25) is 0 Å². The van der Waals surface area contributed by atoms with Gasteiger partial charge in [-0.05, 0) is 27.8 Å². The second-order valence-corrected chi connectivity index (χ2v) is 9.08. The summed E-state index contributed by atoms with van der Waals surface area (Å²) in [6.45, 7) is 2.78. The molecule has 2 aliphatic rings. The summed E-state index contributed by atoms with van der Waals surface area (Å²) in [5, 5.41) is 12.1. The maximum Gasteiger partial charge on any atom is 0.409 e. The molecule has 0 bridgehead atoms. The Morgan fingerprint density at radius 1 is 0.943 bits per heavy atom. The molecular weight excluding hydrogens is 438 g/mol. The van der Waals surface area contributed by atoms with Gasteiger partial charge in [-0.15, -0.1) is 5.10 Å². The van der Waals surface area contributed by atoms with E-state index < -0.39 is 0 Å². The lowest BCUT2D eigenvalue weighted by atomic mass is 9.98. The van der Waals surface area contributed by atoms with Gasteiger partial charge in [-0.1, -0.05) is 84.1 Å². The van der Waals surface area contributed by atoms with Crippen molar-refractivity contribution in [2.75, 3.05) is 26.2 Å². The number of nitrogens with zero attached hydrogens (tertiary/aromatic N) is 4. The minimum absolute atomic E-state index is 0.0583. The first-order chi connectivity index (χ1) is 17.3. The van der Waals surface area contributed by atoms with Crippen molar-refractivity contribution in [2.45, 2.75) is 18.5 Å². The molecular formula is C28H27N5O2. The minimum atomic E-state index is -0.282. The number of benzene rings is 3. The maximum atomic E-state index is 13.0. The molecule has 3 aromatic carbocycles. The molecule has 1 unspecified atom stereocenters. The van der Waals surface area contributed by atoms with E-state index in [0.717, 1.165) is 5.69 Å². The Morgan fingerprint density at radius 2 is 1.63 bits per heavy atom. The summed E-state index contributed by atoms with van der Waals surface area (Å²) in [7, 11) is 0. The minimum Gasteiger partial charge on any atom is -0.448 e. The summed E-state index contributed by atoms with van der Waals surface area (Å²) >= 11 is 0. The van der Waals surface area contributed by atoms with Gasteiger partial charge in [0.05, 0.1) is 18.8 Å². The van der Waals surface area contributed by atoms with Crippen LogP contribution in [0.15, 0.2) is 85.1 Å². The molecule has 1 aliphatic heterocycles. The van der Waals surface area contributed by atoms with E-state index in [1.54, 1.807) is 4.90 Å². The number of aromatic nitrogens is 3. The van der Waals surface area contributed by atoms with Crippen LogP contribution in [0.5, 0.6) is 0 Å². The number of nitrogens with one attached hydrogen (secondary N) is 1. The number of hydrogen-bond donors (Lipinski definition) is 1. The number of hydrogen-bond acceptors (Lipinski definition) is 5. The van der Waals surface area contributed by atoms with Crippen LogP contribution in [0.4, 0.5) is 4.79 Å². The van der Waals surface area contributed by atoms with Gasteiger partial charge in [-0.25, -0.2) is 9.48 Å². The molecule has 7 heteroatoms. The normalized spacial score (nSPS) is 17.1. The topological polar surface area (TPSA) is 72.3 Å². The highest BCUT2D eigenvalue weighted by Crippen LogP contribution is 2.44. The Bertz CT molecular complexity index is 1290. The van der Waals surface area contributed by atoms with Crippen molar-refractivity contribution in [2.24, 2.45) is 0 Å². The number of piperazine rings is 1. The highest BCUT2D eigenvalue weighted by molar-refractivity contribution is 5.79. The molecule has 1 aliphatic carbocycles. The standard InChI is InChI=1S/C28H27N5O2/c34-28(35-19-25-23-12-6-4-10-21(23)22-11-5-7-13-24(22)25)32-15-14-29-26(17-32)27-18-33(31-30-27)16-20-8-2-1-3-9-20/h1-13,18,25-26,29H,14-17,19H2. The first-order valence-electron chi connectivity index (χ1n) is 12.0. The largest absolute Gasteiger partial charge is 0.448 e. The van der Waals surface area contributed by atoms with E-state index in [4.69, 9.17) is 4.74 Å². The fraction of sp³-hybridized carbons (Fsp3) is 0.250. The maximum absolute atomic E-state index is 13.0. The van der Waals surface area contributed by atoms with E-state index in [0.29, 0.717) is 32.8 Å². The molecule has 7 nitrogen and oxygen atoms in total. The van der Waals surface area contributed by atoms with Gasteiger partial charge in [0.1, 0.15) is 12.3 Å². The number of fused-ring (bicyclic) bond motifs is 3. The lowest BCUT2D eigenvalue weighted by Crippen LogP contribution is -2.48. The highest BCUT2D eigenvalue weighted by atomic mass is 16.6. The van der Waals surface area contributed by atoms with Crippen LogP contribution >= 0.6 is 0 Å². The first-order valence-corrected chi connectivity index (χ1v) is 12.0. The lowest BCUT2D eigenvalue weighted by molar-refractivity contribution is 0.0880. The van der Waals surface area contributed by atoms with Crippen molar-refractivity contribution in [1.82, 2.24) is 25.2 Å². The summed E-state index contributed by atoms with van der Waals surface area (Å²) < 4.78 is 7.70. The van der Waals surface area contributed by atoms with E-state index in [1.807, 2.05) is 41.2 Å². The molecule has 1 amide bonds. The predicted molar refractivity (Wildman–Crippen MR) is 133 cm³/mol. The van der Waals surface area contributed by atoms with Gasteiger partial charge >= 0.3 is 6.09 Å². The number of rotatable bonds is 5. The SMILES string of the molecule is O=C(OCC1c2ccccc2-c2ccccc21)N1CCNC(c2cn(Cc3ccccc3)nn2)C1. The molecule has 1 saturated heterocycles. The van der Waals surface area contributed by atoms with Crippen molar-refractivity contribution in [1.29, 1.82) is 0 Å². The molecule has 0 radical (unpaired) electrons. The third-order valence-corrected chi connectivity index (χ3v) is 6.87. The monoisotopic (exact) mass is 465 g/mol. The van der Waals surface area contributed by atoms with E-state index in [-0.39, 0.29) is 18.1 Å². The van der Waals surface area contributed by atoms with Gasteiger partial charge in [-0.2, -0.15) is 0 Å². The van der Waals surface area contributed by atoms with Gasteiger partial charge in [-0.3, -0.25) is 0 Å². The second-order valence-electron chi connectivity index (χ2n) is 9.08. The Labute approximate surface area is 204 Å². The molecule has 1 aromatic heterocycles. The predicted octanol–water partition coefficient (Wildman–Crippen LogP) is 4.22. The van der Waals surface area contributed by atoms with Crippen LogP contribution in [0.3, 0.4) is 0 Å². The molecule has 1 atom stereocenters. The van der Waals surface area contributed by atoms with Crippen LogP contribution in [0.25, 0.3) is 11.1 Å². The number of ether oxygens (including phenoxy) is 1. The van der Waals surface area contributed by atoms with Crippen LogP contribution in [0, 0.1) is 0 Å². The summed E-state index contributed by atoms with van der Waals surface area (Å²) in [5.74, 6) is 0.0583. The Hall–Kier alpha value is -3.97. The summed E-state index contributed by atoms with van der Waals surface area (Å²) in [4.78, 5) is 14.8. The Balaban J connectivity index is 1.10. The van der Waals surface area contributed by atoms with Crippen molar-refractivity contribution in [3.05, 3.63) is 107 Å². The number of carbonyl (C=O) groups excluding carboxylic acids is 1. The molecule has 0 saturated carbocycles. The molecule has 35 heavy (non-hydrogen) atoms. The van der Waals surface area contributed by atoms with Gasteiger partial charge in [0.15, 0.2) is 0 Å². The second kappa shape index (κ2) is 9.35. The van der Waals surface area contributed by atoms with E-state index in [1.165, 1.54) is 27.8 Å². The third kappa shape index (κ3) is 4.31. The Morgan fingerprint density at radius 3 is 2.37 bits per heavy atom. The third-order valence-electron chi connectivity index (χ3n) is 6.87. The van der Waals surface area contributed by atoms with Gasteiger partial charge in [0, 0.05) is 25.6 Å². The molecule has 0 spiro atoms. The fourth-order valence-corrected chi connectivity index (χ4v) is 5.12. The number of amides is 1. The van der Waals surface area contributed by atoms with Crippen LogP contribution < -0.4 is 5.32 Å². The summed E-state index contributed by atoms with van der Waals surface area (Å²) in [6.07, 6.45) is 1.67. The molecule has 4 aromatic rings. The van der Waals surface area contributed by atoms with Crippen LogP contribution in [0.1, 0.15) is 34.3 Å². The smallest absolute Gasteiger partial charge is 0.409 e. The number of carbonyl (C=O) groups is 1. The zero-order chi connectivity index (χ0) is 23.6. The van der Waals surface area contributed by atoms with Crippen LogP contribution in [0.2, 0.25) is 0 Å². The van der Waals surface area contributed by atoms with Crippen molar-refractivity contribution < 1.29 is 9.53 Å². The average Bonchev–Trinajstić information content (AvgIpc) is 3.51. The van der Waals surface area contributed by atoms with Crippen LogP contribution in [-0.2, 0) is 11.3 Å². The highest BCUT2D eigenvalue weighted by Gasteiger charge is 2.31. The molecule has 2 heterocycles. The Kier molecular flexibility index (Phi) is 5.76. The zero-order valence-corrected chi connectivity index (χ0v) is 19.4. The lowest BCUT2D eigenvalue weighted by Gasteiger charge is -2.32. The molecule has 6 rings (SSSR count). The summed E-state index contributed by atoms with van der Waals surface area (Å²) in [6, 6.07) is 26.8. The molecule has 1 fully saturated rings. The zero-order valence-electron chi connectivity index (χ0n) is 19.4. The molecule has 176 valence electrons. The first kappa shape index (κ1) is 21.6. The average molecular weight is 466 g/mol. The summed E-state index contributed by atoms with van der Waals surface area (Å²) in [5.41, 5.74) is 6.89.